The molecular weight excluding hydrogens is 502 g/mol. The molecule has 0 bridgehead atoms. The molecule has 0 aliphatic carbocycles. The largest absolute Gasteiger partial charge is 0.352 e. The van der Waals surface area contributed by atoms with Crippen LogP contribution in [0.1, 0.15) is 56.3 Å². The number of rotatable bonds is 4. The fourth-order valence-electron chi connectivity index (χ4n) is 3.55. The topological polar surface area (TPSA) is 90.5 Å². The molecule has 2 heterocycles. The van der Waals surface area contributed by atoms with Gasteiger partial charge in [0.2, 0.25) is 5.91 Å². The zero-order chi connectivity index (χ0) is 25.4. The van der Waals surface area contributed by atoms with Crippen molar-refractivity contribution in [2.45, 2.75) is 52.0 Å². The van der Waals surface area contributed by atoms with Crippen molar-refractivity contribution in [3.05, 3.63) is 44.5 Å². The summed E-state index contributed by atoms with van der Waals surface area (Å²) in [6, 6.07) is 3.47. The first-order chi connectivity index (χ1) is 15.8. The van der Waals surface area contributed by atoms with Crippen LogP contribution in [0.4, 0.5) is 19.9 Å². The van der Waals surface area contributed by atoms with Gasteiger partial charge < -0.3 is 15.5 Å². The molecule has 3 N–H and O–H groups in total. The molecule has 0 saturated carbocycles. The number of carbonyl (C=O) groups excluding carboxylic acids is 3. The highest BCUT2D eigenvalue weighted by Gasteiger charge is 2.44. The van der Waals surface area contributed by atoms with Crippen LogP contribution >= 0.6 is 34.5 Å². The van der Waals surface area contributed by atoms with E-state index in [-0.39, 0.29) is 33.0 Å². The Morgan fingerprint density at radius 2 is 1.91 bits per heavy atom. The quantitative estimate of drug-likeness (QED) is 0.433. The molecule has 1 aliphatic heterocycles. The summed E-state index contributed by atoms with van der Waals surface area (Å²) in [7, 11) is 0. The number of thiophene rings is 1. The van der Waals surface area contributed by atoms with E-state index in [2.05, 4.69) is 16.0 Å². The first kappa shape index (κ1) is 26.2. The normalized spacial score (nSPS) is 18.5. The van der Waals surface area contributed by atoms with Gasteiger partial charge in [0, 0.05) is 18.0 Å². The predicted molar refractivity (Wildman–Crippen MR) is 135 cm³/mol. The van der Waals surface area contributed by atoms with Gasteiger partial charge in [0.25, 0.3) is 5.91 Å². The number of nitrogens with one attached hydrogen (secondary N) is 3. The third kappa shape index (κ3) is 5.01. The van der Waals surface area contributed by atoms with Crippen LogP contribution in [0.15, 0.2) is 18.2 Å². The van der Waals surface area contributed by atoms with Crippen LogP contribution in [0.2, 0.25) is 10.0 Å². The lowest BCUT2D eigenvalue weighted by molar-refractivity contribution is -0.134. The highest BCUT2D eigenvalue weighted by molar-refractivity contribution is 7.16. The van der Waals surface area contributed by atoms with Crippen LogP contribution < -0.4 is 16.0 Å². The highest BCUT2D eigenvalue weighted by atomic mass is 35.5. The Balaban J connectivity index is 1.94. The Bertz CT molecular complexity index is 1150. The first-order valence-electron chi connectivity index (χ1n) is 10.8. The molecule has 4 amide bonds. The van der Waals surface area contributed by atoms with Gasteiger partial charge in [-0.25, -0.2) is 9.18 Å². The molecule has 1 fully saturated rings. The van der Waals surface area contributed by atoms with Crippen molar-refractivity contribution in [1.82, 2.24) is 10.2 Å². The van der Waals surface area contributed by atoms with E-state index in [0.717, 1.165) is 10.9 Å². The van der Waals surface area contributed by atoms with Gasteiger partial charge >= 0.3 is 6.03 Å². The first-order valence-corrected chi connectivity index (χ1v) is 12.3. The lowest BCUT2D eigenvalue weighted by atomic mass is 9.91. The zero-order valence-electron chi connectivity index (χ0n) is 19.6. The molecule has 1 unspecified atom stereocenters. The summed E-state index contributed by atoms with van der Waals surface area (Å²) in [5, 5.41) is 7.97. The van der Waals surface area contributed by atoms with E-state index in [1.165, 1.54) is 17.4 Å². The minimum absolute atomic E-state index is 0.123. The molecule has 1 atom stereocenters. The molecule has 1 aliphatic rings. The van der Waals surface area contributed by atoms with Gasteiger partial charge in [-0.1, -0.05) is 50.9 Å². The summed E-state index contributed by atoms with van der Waals surface area (Å²) in [4.78, 5) is 41.4. The second kappa shape index (κ2) is 9.71. The van der Waals surface area contributed by atoms with Crippen molar-refractivity contribution < 1.29 is 18.8 Å². The van der Waals surface area contributed by atoms with Gasteiger partial charge in [-0.2, -0.15) is 0 Å². The Labute approximate surface area is 212 Å². The van der Waals surface area contributed by atoms with Crippen LogP contribution in [0, 0.1) is 5.82 Å². The minimum atomic E-state index is -1.00. The SMILES string of the molecule is CCC1(C)C(=O)NCCN1C(=O)c1cc(C(C)(C)C)sc1NC(=O)Nc1ccc(F)c(Cl)c1Cl. The molecule has 34 heavy (non-hydrogen) atoms. The van der Waals surface area contributed by atoms with Crippen molar-refractivity contribution in [3.63, 3.8) is 0 Å². The molecular formula is C23H27Cl2FN4O3S. The van der Waals surface area contributed by atoms with Crippen LogP contribution in [-0.4, -0.2) is 41.4 Å². The average Bonchev–Trinajstić information content (AvgIpc) is 3.19. The molecule has 1 aromatic carbocycles. The molecule has 1 aromatic heterocycles. The Morgan fingerprint density at radius 3 is 2.53 bits per heavy atom. The standard InChI is InChI=1S/C23H27Cl2FN4O3S/c1-6-23(5)20(32)27-9-10-30(23)19(31)12-11-15(22(2,3)4)34-18(12)29-21(33)28-14-8-7-13(26)16(24)17(14)25/h7-8,11H,6,9-10H2,1-5H3,(H,27,32)(H2,28,29,33). The molecule has 184 valence electrons. The molecule has 0 radical (unpaired) electrons. The Morgan fingerprint density at radius 1 is 1.24 bits per heavy atom. The number of urea groups is 1. The molecule has 1 saturated heterocycles. The number of hydrogen-bond donors (Lipinski definition) is 3. The zero-order valence-corrected chi connectivity index (χ0v) is 21.9. The van der Waals surface area contributed by atoms with E-state index in [0.29, 0.717) is 30.1 Å². The van der Waals surface area contributed by atoms with E-state index < -0.39 is 17.4 Å². The molecule has 2 aromatic rings. The number of carbonyl (C=O) groups is 3. The van der Waals surface area contributed by atoms with Crippen molar-refractivity contribution in [3.8, 4) is 0 Å². The summed E-state index contributed by atoms with van der Waals surface area (Å²) >= 11 is 13.1. The summed E-state index contributed by atoms with van der Waals surface area (Å²) in [5.41, 5.74) is -0.867. The van der Waals surface area contributed by atoms with E-state index in [1.54, 1.807) is 17.9 Å². The second-order valence-corrected chi connectivity index (χ2v) is 11.1. The van der Waals surface area contributed by atoms with Crippen molar-refractivity contribution in [2.24, 2.45) is 0 Å². The molecule has 7 nitrogen and oxygen atoms in total. The van der Waals surface area contributed by atoms with E-state index in [1.807, 2.05) is 27.7 Å². The lowest BCUT2D eigenvalue weighted by Gasteiger charge is -2.43. The summed E-state index contributed by atoms with van der Waals surface area (Å²) < 4.78 is 13.6. The summed E-state index contributed by atoms with van der Waals surface area (Å²) in [6.45, 7) is 10.3. The minimum Gasteiger partial charge on any atom is -0.352 e. The number of nitrogens with zero attached hydrogens (tertiary/aromatic N) is 1. The van der Waals surface area contributed by atoms with Crippen molar-refractivity contribution in [1.29, 1.82) is 0 Å². The fourth-order valence-corrected chi connectivity index (χ4v) is 5.02. The number of anilines is 2. The number of benzene rings is 1. The van der Waals surface area contributed by atoms with Gasteiger partial charge in [-0.3, -0.25) is 14.9 Å². The fraction of sp³-hybridized carbons (Fsp3) is 0.435. The van der Waals surface area contributed by atoms with Gasteiger partial charge in [-0.15, -0.1) is 11.3 Å². The number of hydrogen-bond acceptors (Lipinski definition) is 4. The predicted octanol–water partition coefficient (Wildman–Crippen LogP) is 5.88. The second-order valence-electron chi connectivity index (χ2n) is 9.25. The molecule has 3 rings (SSSR count). The third-order valence-electron chi connectivity index (χ3n) is 5.85. The van der Waals surface area contributed by atoms with Crippen LogP contribution in [0.5, 0.6) is 0 Å². The van der Waals surface area contributed by atoms with E-state index >= 15 is 0 Å². The highest BCUT2D eigenvalue weighted by Crippen LogP contribution is 2.38. The maximum absolute atomic E-state index is 13.7. The monoisotopic (exact) mass is 528 g/mol. The maximum atomic E-state index is 13.7. The van der Waals surface area contributed by atoms with Gasteiger partial charge in [0.1, 0.15) is 16.4 Å². The number of amides is 4. The lowest BCUT2D eigenvalue weighted by Crippen LogP contribution is -2.64. The van der Waals surface area contributed by atoms with Crippen LogP contribution in [-0.2, 0) is 10.2 Å². The third-order valence-corrected chi connectivity index (χ3v) is 8.19. The Kier molecular flexibility index (Phi) is 7.50. The van der Waals surface area contributed by atoms with Crippen LogP contribution in [0.3, 0.4) is 0 Å². The number of piperazine rings is 1. The van der Waals surface area contributed by atoms with Gasteiger partial charge in [0.05, 0.1) is 21.3 Å². The summed E-state index contributed by atoms with van der Waals surface area (Å²) in [5.74, 6) is -1.26. The Hall–Kier alpha value is -2.36. The number of halogens is 3. The average molecular weight is 529 g/mol. The summed E-state index contributed by atoms with van der Waals surface area (Å²) in [6.07, 6.45) is 0.438. The maximum Gasteiger partial charge on any atom is 0.324 e. The van der Waals surface area contributed by atoms with Gasteiger partial charge in [0.15, 0.2) is 0 Å². The van der Waals surface area contributed by atoms with Crippen molar-refractivity contribution >= 4 is 63.1 Å². The van der Waals surface area contributed by atoms with E-state index in [9.17, 15) is 18.8 Å². The van der Waals surface area contributed by atoms with Gasteiger partial charge in [-0.05, 0) is 37.0 Å². The van der Waals surface area contributed by atoms with Crippen LogP contribution in [0.25, 0.3) is 0 Å². The van der Waals surface area contributed by atoms with Crippen molar-refractivity contribution in [2.75, 3.05) is 23.7 Å². The van der Waals surface area contributed by atoms with E-state index in [4.69, 9.17) is 23.2 Å². The smallest absolute Gasteiger partial charge is 0.324 e. The molecule has 11 heteroatoms. The molecule has 0 spiro atoms.